The summed E-state index contributed by atoms with van der Waals surface area (Å²) in [6.45, 7) is 58.3. The fraction of sp³-hybridized carbons (Fsp3) is 0.150. The second-order valence-corrected chi connectivity index (χ2v) is 33.1. The van der Waals surface area contributed by atoms with Gasteiger partial charge in [-0.2, -0.15) is 13.7 Å². The van der Waals surface area contributed by atoms with E-state index in [9.17, 15) is 0 Å². The molecule has 8 heterocycles. The zero-order valence-corrected chi connectivity index (χ0v) is 73.5. The van der Waals surface area contributed by atoms with Crippen molar-refractivity contribution >= 4 is 111 Å². The molecule has 0 saturated carbocycles. The topological polar surface area (TPSA) is 85.5 Å². The van der Waals surface area contributed by atoms with Gasteiger partial charge in [-0.05, 0) is 185 Å². The lowest BCUT2D eigenvalue weighted by Crippen LogP contribution is -2.36. The van der Waals surface area contributed by atoms with Crippen LogP contribution < -0.4 is 18.3 Å². The zero-order valence-electron chi connectivity index (χ0n) is 73.5. The predicted octanol–water partition coefficient (Wildman–Crippen LogP) is 29.2. The highest BCUT2D eigenvalue weighted by molar-refractivity contribution is 6.18. The average Bonchev–Trinajstić information content (AvgIpc) is 1.61. The van der Waals surface area contributed by atoms with Crippen LogP contribution >= 0.6 is 0 Å². The van der Waals surface area contributed by atoms with Crippen LogP contribution in [0.3, 0.4) is 0 Å². The van der Waals surface area contributed by atoms with Crippen molar-refractivity contribution < 1.29 is 35.9 Å². The summed E-state index contributed by atoms with van der Waals surface area (Å²) in [6.07, 6.45) is 2.10. The van der Waals surface area contributed by atoms with Crippen LogP contribution in [0.5, 0.6) is 0 Å². The number of aryl methyl sites for hydroxylation is 10. The van der Waals surface area contributed by atoms with Crippen LogP contribution in [0.15, 0.2) is 279 Å². The minimum absolute atomic E-state index is 0.618. The molecule has 0 N–H and O–H groups in total. The number of pyridine rings is 4. The van der Waals surface area contributed by atoms with Gasteiger partial charge in [0.2, 0.25) is 22.8 Å². The van der Waals surface area contributed by atoms with Crippen LogP contribution in [0, 0.1) is 116 Å². The Bertz CT molecular complexity index is 8010. The van der Waals surface area contributed by atoms with E-state index in [4.69, 9.17) is 44.0 Å². The standard InChI is InChI=1S/C29H25N2O.3C28H23N2O/c1-17-12-13-23-25-16-22(30-5)15-24(21-10-8-7-9-11-21)28(25)32-29(23)27(17)26-14-18(2)19(3)20(4)31(26)6;1-17-12-14-25(30(5)19(17)3)26-18(2)11-13-22-24-16-21(29-4)15-23(27(24)31-28(22)26)20-9-7-6-8-10-20;1-17-13-19(3)30(5)25(14-17)26-18(2)11-12-22-24-16-21(29-4)15-23(27(24)31-28(22)26)20-9-7-6-8-10-20;1-17-13-14-30(5)26(19(17)3)25-18(2)11-12-22-24-16-21(29-4)15-23(27(24)31-28(22)25)20-9-7-6-8-10-20/h7-16H,1-4,6H3;3*6-16H,1-3,5H3/q4*+1. The number of aromatic nitrogens is 4. The molecule has 125 heavy (non-hydrogen) atoms. The Balaban J connectivity index is 0.000000118. The summed E-state index contributed by atoms with van der Waals surface area (Å²) in [5, 5.41) is 8.09. The minimum atomic E-state index is 0.618. The van der Waals surface area contributed by atoms with Crippen molar-refractivity contribution in [3.05, 3.63) is 379 Å². The Morgan fingerprint density at radius 1 is 0.248 bits per heavy atom. The zero-order chi connectivity index (χ0) is 87.7. The Labute approximate surface area is 729 Å². The van der Waals surface area contributed by atoms with Gasteiger partial charge in [0, 0.05) is 133 Å². The summed E-state index contributed by atoms with van der Waals surface area (Å²) in [4.78, 5) is 14.9. The molecule has 0 amide bonds. The smallest absolute Gasteiger partial charge is 0.219 e. The largest absolute Gasteiger partial charge is 0.455 e. The first-order valence-corrected chi connectivity index (χ1v) is 42.0. The lowest BCUT2D eigenvalue weighted by atomic mass is 9.95. The number of hydrogen-bond donors (Lipinski definition) is 0. The fourth-order valence-electron chi connectivity index (χ4n) is 17.9. The van der Waals surface area contributed by atoms with Crippen LogP contribution in [0.25, 0.3) is 197 Å². The lowest BCUT2D eigenvalue weighted by Gasteiger charge is -2.10. The maximum absolute atomic E-state index is 7.64. The molecule has 12 nitrogen and oxygen atoms in total. The average molecular weight is 1630 g/mol. The number of fused-ring (bicyclic) bond motifs is 12. The molecule has 20 rings (SSSR count). The lowest BCUT2D eigenvalue weighted by molar-refractivity contribution is -0.667. The van der Waals surface area contributed by atoms with Gasteiger partial charge in [0.05, 0.1) is 48.5 Å². The van der Waals surface area contributed by atoms with E-state index in [1.807, 2.05) is 121 Å². The third-order valence-electron chi connectivity index (χ3n) is 25.4. The molecular formula is C113H94N8O4+4. The van der Waals surface area contributed by atoms with Crippen LogP contribution in [-0.4, -0.2) is 0 Å². The maximum Gasteiger partial charge on any atom is 0.219 e. The molecule has 0 unspecified atom stereocenters. The summed E-state index contributed by atoms with van der Waals surface area (Å²) in [7, 11) is 8.39. The first-order chi connectivity index (χ1) is 60.4. The second-order valence-electron chi connectivity index (χ2n) is 33.1. The van der Waals surface area contributed by atoms with Gasteiger partial charge in [-0.15, -0.1) is 0 Å². The van der Waals surface area contributed by atoms with Crippen LogP contribution in [-0.2, 0) is 28.2 Å². The van der Waals surface area contributed by atoms with Gasteiger partial charge in [-0.1, -0.05) is 170 Å². The molecule has 0 aliphatic carbocycles. The van der Waals surface area contributed by atoms with E-state index in [1.165, 1.54) is 67.2 Å². The van der Waals surface area contributed by atoms with Gasteiger partial charge in [0.25, 0.3) is 0 Å². The first kappa shape index (κ1) is 81.7. The van der Waals surface area contributed by atoms with Crippen molar-refractivity contribution in [1.29, 1.82) is 0 Å². The SMILES string of the molecule is [C-]#[N+]c1cc(-c2ccccc2)c2oc3c(-c4c(C)c(C)cc[n+]4C)c(C)ccc3c2c1.[C-]#[N+]c1cc(-c2ccccc2)c2oc3c(-c4cc(C)c(C)c(C)[n+]4C)c(C)ccc3c2c1.[C-]#[N+]c1cc(-c2ccccc2)c2oc3c(-c4cc(C)cc(C)[n+]4C)c(C)ccc3c2c1.[C-]#[N+]c1cc(-c2ccccc2)c2oc3c(-c4ccc(C)c(C)[n+]4C)c(C)ccc3c2c1. The second kappa shape index (κ2) is 33.1. The highest BCUT2D eigenvalue weighted by atomic mass is 16.3. The Kier molecular flexibility index (Phi) is 21.6. The molecule has 0 fully saturated rings. The van der Waals surface area contributed by atoms with Gasteiger partial charge < -0.3 is 17.7 Å². The van der Waals surface area contributed by atoms with Crippen molar-refractivity contribution in [1.82, 2.24) is 0 Å². The van der Waals surface area contributed by atoms with Gasteiger partial charge in [0.15, 0.2) is 46.0 Å². The highest BCUT2D eigenvalue weighted by Gasteiger charge is 2.31. The van der Waals surface area contributed by atoms with Gasteiger partial charge >= 0.3 is 0 Å². The van der Waals surface area contributed by atoms with E-state index in [0.717, 1.165) is 183 Å². The Hall–Kier alpha value is -15.6. The van der Waals surface area contributed by atoms with E-state index in [-0.39, 0.29) is 0 Å². The molecule has 20 aromatic rings. The van der Waals surface area contributed by atoms with E-state index in [0.29, 0.717) is 22.7 Å². The Morgan fingerprint density at radius 3 is 0.928 bits per heavy atom. The third-order valence-corrected chi connectivity index (χ3v) is 25.4. The number of nitrogens with zero attached hydrogens (tertiary/aromatic N) is 8. The third kappa shape index (κ3) is 14.6. The van der Waals surface area contributed by atoms with Gasteiger partial charge in [-0.25, -0.2) is 23.9 Å². The molecule has 0 radical (unpaired) electrons. The fourth-order valence-corrected chi connectivity index (χ4v) is 17.9. The molecule has 8 aromatic heterocycles. The van der Waals surface area contributed by atoms with Crippen molar-refractivity contribution in [2.45, 2.75) is 90.0 Å². The number of rotatable bonds is 8. The van der Waals surface area contributed by atoms with Crippen LogP contribution in [0.1, 0.15) is 72.7 Å². The summed E-state index contributed by atoms with van der Waals surface area (Å²) >= 11 is 0. The summed E-state index contributed by atoms with van der Waals surface area (Å²) in [5.41, 5.74) is 42.1. The van der Waals surface area contributed by atoms with Gasteiger partial charge in [0.1, 0.15) is 72.9 Å². The number of hydrogen-bond acceptors (Lipinski definition) is 4. The summed E-state index contributed by atoms with van der Waals surface area (Å²) < 4.78 is 35.4. The quantitative estimate of drug-likeness (QED) is 0.112. The van der Waals surface area contributed by atoms with E-state index >= 15 is 0 Å². The normalized spacial score (nSPS) is 11.2. The molecule has 0 atom stereocenters. The molecule has 0 saturated heterocycles. The highest BCUT2D eigenvalue weighted by Crippen LogP contribution is 2.49. The number of furan rings is 4. The first-order valence-electron chi connectivity index (χ1n) is 42.0. The van der Waals surface area contributed by atoms with E-state index in [2.05, 4.69) is 296 Å². The van der Waals surface area contributed by atoms with Crippen molar-refractivity contribution in [3.63, 3.8) is 0 Å². The van der Waals surface area contributed by atoms with E-state index < -0.39 is 0 Å². The molecule has 12 heteroatoms. The van der Waals surface area contributed by atoms with Crippen LogP contribution in [0.4, 0.5) is 22.7 Å². The minimum Gasteiger partial charge on any atom is -0.455 e. The van der Waals surface area contributed by atoms with Crippen molar-refractivity contribution in [2.75, 3.05) is 0 Å². The maximum atomic E-state index is 7.64. The summed E-state index contributed by atoms with van der Waals surface area (Å²) in [6, 6.07) is 86.3. The molecule has 606 valence electrons. The molecule has 0 spiro atoms. The number of benzene rings is 12. The van der Waals surface area contributed by atoms with E-state index in [1.54, 1.807) is 0 Å². The van der Waals surface area contributed by atoms with Gasteiger partial charge in [-0.3, -0.25) is 0 Å². The predicted molar refractivity (Wildman–Crippen MR) is 510 cm³/mol. The molecule has 0 aliphatic rings. The van der Waals surface area contributed by atoms with Crippen LogP contribution in [0.2, 0.25) is 0 Å². The monoisotopic (exact) mass is 1630 g/mol. The Morgan fingerprint density at radius 2 is 0.568 bits per heavy atom. The molecule has 12 aromatic carbocycles. The summed E-state index contributed by atoms with van der Waals surface area (Å²) in [5.74, 6) is 0. The molecule has 0 bridgehead atoms. The molecule has 0 aliphatic heterocycles. The van der Waals surface area contributed by atoms with Crippen molar-refractivity contribution in [3.8, 4) is 89.5 Å². The van der Waals surface area contributed by atoms with Crippen molar-refractivity contribution in [2.24, 2.45) is 28.2 Å². The molecular weight excluding hydrogens is 1530 g/mol.